The first-order chi connectivity index (χ1) is 9.49. The second-order valence-corrected chi connectivity index (χ2v) is 6.19. The van der Waals surface area contributed by atoms with E-state index in [4.69, 9.17) is 5.73 Å². The molecule has 5 heteroatoms. The zero-order valence-corrected chi connectivity index (χ0v) is 12.9. The molecular weight excluding hydrogens is 254 g/mol. The third kappa shape index (κ3) is 4.78. The quantitative estimate of drug-likeness (QED) is 0.680. The monoisotopic (exact) mass is 283 g/mol. The lowest BCUT2D eigenvalue weighted by molar-refractivity contribution is -0.133. The van der Waals surface area contributed by atoms with Crippen molar-refractivity contribution in [1.29, 1.82) is 0 Å². The Morgan fingerprint density at radius 3 is 2.45 bits per heavy atom. The Bertz CT molecular complexity index is 331. The summed E-state index contributed by atoms with van der Waals surface area (Å²) in [5.74, 6) is 0.456. The fourth-order valence-corrected chi connectivity index (χ4v) is 2.99. The number of amides is 2. The Kier molecular flexibility index (Phi) is 6.99. The molecule has 4 N–H and O–H groups in total. The fraction of sp³-hybridized carbons (Fsp3) is 0.867. The van der Waals surface area contributed by atoms with Crippen molar-refractivity contribution in [2.24, 2.45) is 23.5 Å². The first-order valence-corrected chi connectivity index (χ1v) is 7.71. The molecule has 116 valence electrons. The molecule has 3 unspecified atom stereocenters. The van der Waals surface area contributed by atoms with Crippen molar-refractivity contribution in [2.75, 3.05) is 13.6 Å². The first-order valence-electron chi connectivity index (χ1n) is 7.71. The largest absolute Gasteiger partial charge is 0.357 e. The van der Waals surface area contributed by atoms with E-state index < -0.39 is 6.04 Å². The van der Waals surface area contributed by atoms with Gasteiger partial charge in [0.25, 0.3) is 0 Å². The third-order valence-electron chi connectivity index (χ3n) is 4.14. The standard InChI is InChI=1S/C15H29N3O2/c1-10(2)8-13(15(20)17-3)18-14(19)12-7-5-4-6-11(12)9-16/h10-13H,4-9,16H2,1-3H3,(H,17,20)(H,18,19). The van der Waals surface area contributed by atoms with Gasteiger partial charge in [-0.15, -0.1) is 0 Å². The Morgan fingerprint density at radius 2 is 1.90 bits per heavy atom. The van der Waals surface area contributed by atoms with E-state index in [1.54, 1.807) is 7.05 Å². The molecule has 0 aromatic rings. The fourth-order valence-electron chi connectivity index (χ4n) is 2.99. The van der Waals surface area contributed by atoms with Gasteiger partial charge in [0.15, 0.2) is 0 Å². The summed E-state index contributed by atoms with van der Waals surface area (Å²) >= 11 is 0. The highest BCUT2D eigenvalue weighted by atomic mass is 16.2. The lowest BCUT2D eigenvalue weighted by atomic mass is 9.78. The average Bonchev–Trinajstić information content (AvgIpc) is 2.45. The molecule has 0 spiro atoms. The Morgan fingerprint density at radius 1 is 1.25 bits per heavy atom. The maximum absolute atomic E-state index is 12.4. The predicted molar refractivity (Wildman–Crippen MR) is 80.0 cm³/mol. The molecule has 0 aromatic heterocycles. The van der Waals surface area contributed by atoms with Crippen molar-refractivity contribution >= 4 is 11.8 Å². The van der Waals surface area contributed by atoms with E-state index in [-0.39, 0.29) is 23.7 Å². The van der Waals surface area contributed by atoms with Crippen molar-refractivity contribution in [1.82, 2.24) is 10.6 Å². The highest BCUT2D eigenvalue weighted by Gasteiger charge is 2.32. The third-order valence-corrected chi connectivity index (χ3v) is 4.14. The molecule has 0 saturated heterocycles. The van der Waals surface area contributed by atoms with Gasteiger partial charge in [-0.25, -0.2) is 0 Å². The minimum Gasteiger partial charge on any atom is -0.357 e. The second-order valence-electron chi connectivity index (χ2n) is 6.19. The number of nitrogens with two attached hydrogens (primary N) is 1. The zero-order chi connectivity index (χ0) is 15.1. The van der Waals surface area contributed by atoms with Crippen LogP contribution in [0, 0.1) is 17.8 Å². The molecule has 1 aliphatic carbocycles. The minimum absolute atomic E-state index is 0.00519. The van der Waals surface area contributed by atoms with Gasteiger partial charge < -0.3 is 16.4 Å². The summed E-state index contributed by atoms with van der Waals surface area (Å²) in [6.45, 7) is 4.64. The Labute approximate surface area is 122 Å². The Balaban J connectivity index is 2.66. The molecule has 1 rings (SSSR count). The summed E-state index contributed by atoms with van der Waals surface area (Å²) in [6, 6.07) is -0.437. The van der Waals surface area contributed by atoms with E-state index in [1.165, 1.54) is 0 Å². The van der Waals surface area contributed by atoms with E-state index in [9.17, 15) is 9.59 Å². The summed E-state index contributed by atoms with van der Waals surface area (Å²) in [5.41, 5.74) is 5.77. The van der Waals surface area contributed by atoms with Crippen molar-refractivity contribution in [2.45, 2.75) is 52.0 Å². The number of hydrogen-bond donors (Lipinski definition) is 3. The molecule has 3 atom stereocenters. The van der Waals surface area contributed by atoms with Gasteiger partial charge in [0.1, 0.15) is 6.04 Å². The van der Waals surface area contributed by atoms with Gasteiger partial charge in [0.2, 0.25) is 11.8 Å². The number of likely N-dealkylation sites (N-methyl/N-ethyl adjacent to an activating group) is 1. The van der Waals surface area contributed by atoms with E-state index in [0.717, 1.165) is 25.7 Å². The number of carbonyl (C=O) groups excluding carboxylic acids is 2. The summed E-state index contributed by atoms with van der Waals surface area (Å²) in [5, 5.41) is 5.55. The van der Waals surface area contributed by atoms with Crippen LogP contribution in [0.2, 0.25) is 0 Å². The second kappa shape index (κ2) is 8.25. The number of nitrogens with one attached hydrogen (secondary N) is 2. The van der Waals surface area contributed by atoms with Crippen LogP contribution in [0.25, 0.3) is 0 Å². The van der Waals surface area contributed by atoms with Gasteiger partial charge in [-0.05, 0) is 37.6 Å². The van der Waals surface area contributed by atoms with Crippen molar-refractivity contribution in [3.05, 3.63) is 0 Å². The molecule has 0 aliphatic heterocycles. The van der Waals surface area contributed by atoms with E-state index in [2.05, 4.69) is 10.6 Å². The van der Waals surface area contributed by atoms with Crippen LogP contribution in [-0.2, 0) is 9.59 Å². The van der Waals surface area contributed by atoms with Gasteiger partial charge in [-0.3, -0.25) is 9.59 Å². The van der Waals surface area contributed by atoms with Crippen molar-refractivity contribution in [3.63, 3.8) is 0 Å². The van der Waals surface area contributed by atoms with Crippen LogP contribution in [0.15, 0.2) is 0 Å². The molecule has 2 amide bonds. The van der Waals surface area contributed by atoms with Gasteiger partial charge in [-0.2, -0.15) is 0 Å². The van der Waals surface area contributed by atoms with Gasteiger partial charge in [-0.1, -0.05) is 26.7 Å². The topological polar surface area (TPSA) is 84.2 Å². The van der Waals surface area contributed by atoms with Gasteiger partial charge >= 0.3 is 0 Å². The van der Waals surface area contributed by atoms with Crippen LogP contribution < -0.4 is 16.4 Å². The van der Waals surface area contributed by atoms with E-state index >= 15 is 0 Å². The van der Waals surface area contributed by atoms with Crippen molar-refractivity contribution < 1.29 is 9.59 Å². The first kappa shape index (κ1) is 17.0. The predicted octanol–water partition coefficient (Wildman–Crippen LogP) is 1.03. The summed E-state index contributed by atoms with van der Waals surface area (Å²) in [6.07, 6.45) is 4.78. The lowest BCUT2D eigenvalue weighted by Gasteiger charge is -2.31. The van der Waals surface area contributed by atoms with E-state index in [0.29, 0.717) is 18.9 Å². The molecule has 0 aromatic carbocycles. The molecule has 5 nitrogen and oxygen atoms in total. The highest BCUT2D eigenvalue weighted by molar-refractivity contribution is 5.88. The molecule has 0 heterocycles. The van der Waals surface area contributed by atoms with Crippen LogP contribution >= 0.6 is 0 Å². The van der Waals surface area contributed by atoms with Crippen molar-refractivity contribution in [3.8, 4) is 0 Å². The van der Waals surface area contributed by atoms with Crippen LogP contribution in [0.4, 0.5) is 0 Å². The van der Waals surface area contributed by atoms with Crippen LogP contribution in [-0.4, -0.2) is 31.4 Å². The molecule has 20 heavy (non-hydrogen) atoms. The summed E-state index contributed by atoms with van der Waals surface area (Å²) in [7, 11) is 1.60. The maximum Gasteiger partial charge on any atom is 0.242 e. The number of hydrogen-bond acceptors (Lipinski definition) is 3. The normalized spacial score (nSPS) is 24.2. The minimum atomic E-state index is -0.437. The molecule has 0 radical (unpaired) electrons. The average molecular weight is 283 g/mol. The van der Waals surface area contributed by atoms with Gasteiger partial charge in [0.05, 0.1) is 0 Å². The number of carbonyl (C=O) groups is 2. The number of rotatable bonds is 6. The van der Waals surface area contributed by atoms with E-state index in [1.807, 2.05) is 13.8 Å². The van der Waals surface area contributed by atoms with Crippen LogP contribution in [0.1, 0.15) is 46.0 Å². The smallest absolute Gasteiger partial charge is 0.242 e. The van der Waals surface area contributed by atoms with Crippen LogP contribution in [0.3, 0.4) is 0 Å². The zero-order valence-electron chi connectivity index (χ0n) is 12.9. The molecule has 1 saturated carbocycles. The maximum atomic E-state index is 12.4. The molecule has 0 bridgehead atoms. The highest BCUT2D eigenvalue weighted by Crippen LogP contribution is 2.29. The Hall–Kier alpha value is -1.10. The summed E-state index contributed by atoms with van der Waals surface area (Å²) < 4.78 is 0. The summed E-state index contributed by atoms with van der Waals surface area (Å²) in [4.78, 5) is 24.3. The van der Waals surface area contributed by atoms with Crippen LogP contribution in [0.5, 0.6) is 0 Å². The molecule has 1 aliphatic rings. The lowest BCUT2D eigenvalue weighted by Crippen LogP contribution is -2.50. The molecule has 1 fully saturated rings. The van der Waals surface area contributed by atoms with Gasteiger partial charge in [0, 0.05) is 13.0 Å². The SMILES string of the molecule is CNC(=O)C(CC(C)C)NC(=O)C1CCCCC1CN. The molecular formula is C15H29N3O2.